The van der Waals surface area contributed by atoms with Crippen molar-refractivity contribution in [1.29, 1.82) is 0 Å². The average molecular weight is 227 g/mol. The molecule has 0 aliphatic heterocycles. The van der Waals surface area contributed by atoms with Crippen LogP contribution in [0.5, 0.6) is 0 Å². The second kappa shape index (κ2) is 4.79. The summed E-state index contributed by atoms with van der Waals surface area (Å²) in [6, 6.07) is 13.0. The van der Waals surface area contributed by atoms with Crippen LogP contribution in [0.1, 0.15) is 50.8 Å². The lowest BCUT2D eigenvalue weighted by molar-refractivity contribution is 0.772. The Hall–Kier alpha value is -1.50. The Morgan fingerprint density at radius 2 is 1.53 bits per heavy atom. The van der Waals surface area contributed by atoms with Gasteiger partial charge in [-0.05, 0) is 35.6 Å². The summed E-state index contributed by atoms with van der Waals surface area (Å²) in [5.41, 5.74) is 4.10. The molecule has 1 heterocycles. The van der Waals surface area contributed by atoms with Gasteiger partial charge in [-0.3, -0.25) is 0 Å². The molecule has 0 bridgehead atoms. The van der Waals surface area contributed by atoms with Gasteiger partial charge in [-0.1, -0.05) is 45.9 Å². The van der Waals surface area contributed by atoms with Crippen LogP contribution in [-0.2, 0) is 0 Å². The second-order valence-electron chi connectivity index (χ2n) is 5.17. The first-order chi connectivity index (χ1) is 8.11. The highest BCUT2D eigenvalue weighted by Crippen LogP contribution is 2.26. The van der Waals surface area contributed by atoms with Crippen LogP contribution in [0.2, 0.25) is 0 Å². The zero-order valence-electron chi connectivity index (χ0n) is 11.1. The third kappa shape index (κ3) is 2.28. The maximum Gasteiger partial charge on any atom is 0.0486 e. The fourth-order valence-corrected chi connectivity index (χ4v) is 2.28. The molecule has 2 rings (SSSR count). The van der Waals surface area contributed by atoms with Crippen LogP contribution in [0.4, 0.5) is 0 Å². The van der Waals surface area contributed by atoms with Gasteiger partial charge in [-0.2, -0.15) is 0 Å². The van der Waals surface area contributed by atoms with E-state index in [4.69, 9.17) is 0 Å². The highest BCUT2D eigenvalue weighted by atomic mass is 15.0. The van der Waals surface area contributed by atoms with E-state index in [2.05, 4.69) is 74.9 Å². The van der Waals surface area contributed by atoms with Crippen molar-refractivity contribution in [3.8, 4) is 5.69 Å². The number of benzene rings is 1. The van der Waals surface area contributed by atoms with E-state index in [1.807, 2.05) is 0 Å². The molecule has 0 fully saturated rings. The quantitative estimate of drug-likeness (QED) is 0.714. The van der Waals surface area contributed by atoms with Gasteiger partial charge in [-0.15, -0.1) is 0 Å². The van der Waals surface area contributed by atoms with E-state index < -0.39 is 0 Å². The number of hydrogen-bond acceptors (Lipinski definition) is 0. The molecular weight excluding hydrogens is 206 g/mol. The SMILES string of the molecule is CC(C)c1ccccc1-n1cccc1C(C)C. The van der Waals surface area contributed by atoms with Gasteiger partial charge in [-0.25, -0.2) is 0 Å². The van der Waals surface area contributed by atoms with Gasteiger partial charge in [0.05, 0.1) is 0 Å². The standard InChI is InChI=1S/C16H21N/c1-12(2)14-8-5-6-9-16(14)17-11-7-10-15(17)13(3)4/h5-13H,1-4H3. The smallest absolute Gasteiger partial charge is 0.0486 e. The number of rotatable bonds is 3. The largest absolute Gasteiger partial charge is 0.320 e. The zero-order valence-corrected chi connectivity index (χ0v) is 11.1. The Bertz CT molecular complexity index is 492. The van der Waals surface area contributed by atoms with Gasteiger partial charge in [0.15, 0.2) is 0 Å². The molecule has 90 valence electrons. The molecular formula is C16H21N. The van der Waals surface area contributed by atoms with E-state index >= 15 is 0 Å². The Kier molecular flexibility index (Phi) is 3.37. The van der Waals surface area contributed by atoms with Crippen LogP contribution in [0.15, 0.2) is 42.6 Å². The van der Waals surface area contributed by atoms with Crippen molar-refractivity contribution in [2.45, 2.75) is 39.5 Å². The average Bonchev–Trinajstić information content (AvgIpc) is 2.77. The van der Waals surface area contributed by atoms with E-state index in [1.54, 1.807) is 0 Å². The molecule has 1 nitrogen and oxygen atoms in total. The summed E-state index contributed by atoms with van der Waals surface area (Å²) in [7, 11) is 0. The van der Waals surface area contributed by atoms with E-state index in [0.29, 0.717) is 11.8 Å². The van der Waals surface area contributed by atoms with Crippen molar-refractivity contribution in [1.82, 2.24) is 4.57 Å². The number of hydrogen-bond donors (Lipinski definition) is 0. The molecule has 0 aliphatic rings. The molecule has 0 unspecified atom stereocenters. The third-order valence-corrected chi connectivity index (χ3v) is 3.19. The summed E-state index contributed by atoms with van der Waals surface area (Å²) in [4.78, 5) is 0. The van der Waals surface area contributed by atoms with Gasteiger partial charge in [0.2, 0.25) is 0 Å². The van der Waals surface area contributed by atoms with Gasteiger partial charge < -0.3 is 4.57 Å². The van der Waals surface area contributed by atoms with Crippen molar-refractivity contribution in [2.75, 3.05) is 0 Å². The first-order valence-corrected chi connectivity index (χ1v) is 6.37. The van der Waals surface area contributed by atoms with Gasteiger partial charge in [0.1, 0.15) is 0 Å². The molecule has 17 heavy (non-hydrogen) atoms. The summed E-state index contributed by atoms with van der Waals surface area (Å²) in [6.45, 7) is 8.97. The highest BCUT2D eigenvalue weighted by Gasteiger charge is 2.11. The lowest BCUT2D eigenvalue weighted by atomic mass is 10.0. The summed E-state index contributed by atoms with van der Waals surface area (Å²) in [5, 5.41) is 0. The molecule has 0 amide bonds. The minimum absolute atomic E-state index is 0.546. The van der Waals surface area contributed by atoms with E-state index in [9.17, 15) is 0 Å². The maximum absolute atomic E-state index is 2.32. The first kappa shape index (κ1) is 12.0. The van der Waals surface area contributed by atoms with Crippen LogP contribution in [-0.4, -0.2) is 4.57 Å². The fourth-order valence-electron chi connectivity index (χ4n) is 2.28. The fraction of sp³-hybridized carbons (Fsp3) is 0.375. The topological polar surface area (TPSA) is 4.93 Å². The molecule has 1 aromatic carbocycles. The number of aromatic nitrogens is 1. The first-order valence-electron chi connectivity index (χ1n) is 6.37. The predicted molar refractivity (Wildman–Crippen MR) is 73.9 cm³/mol. The molecule has 0 atom stereocenters. The Morgan fingerprint density at radius 3 is 2.18 bits per heavy atom. The van der Waals surface area contributed by atoms with Crippen LogP contribution in [0.25, 0.3) is 5.69 Å². The minimum Gasteiger partial charge on any atom is -0.320 e. The monoisotopic (exact) mass is 227 g/mol. The number of para-hydroxylation sites is 1. The second-order valence-corrected chi connectivity index (χ2v) is 5.17. The summed E-state index contributed by atoms with van der Waals surface area (Å²) >= 11 is 0. The van der Waals surface area contributed by atoms with E-state index in [0.717, 1.165) is 0 Å². The molecule has 0 aliphatic carbocycles. The van der Waals surface area contributed by atoms with Crippen LogP contribution < -0.4 is 0 Å². The molecule has 1 aromatic heterocycles. The zero-order chi connectivity index (χ0) is 12.4. The molecule has 2 aromatic rings. The van der Waals surface area contributed by atoms with Crippen LogP contribution in [0, 0.1) is 0 Å². The normalized spacial score (nSPS) is 11.4. The third-order valence-electron chi connectivity index (χ3n) is 3.19. The Morgan fingerprint density at radius 1 is 0.824 bits per heavy atom. The van der Waals surface area contributed by atoms with Crippen molar-refractivity contribution in [2.24, 2.45) is 0 Å². The van der Waals surface area contributed by atoms with Crippen LogP contribution in [0.3, 0.4) is 0 Å². The maximum atomic E-state index is 2.32. The van der Waals surface area contributed by atoms with Gasteiger partial charge >= 0.3 is 0 Å². The minimum atomic E-state index is 0.546. The van der Waals surface area contributed by atoms with Gasteiger partial charge in [0.25, 0.3) is 0 Å². The Labute approximate surface area is 104 Å². The number of nitrogens with zero attached hydrogens (tertiary/aromatic N) is 1. The van der Waals surface area contributed by atoms with Gasteiger partial charge in [0, 0.05) is 17.6 Å². The highest BCUT2D eigenvalue weighted by molar-refractivity contribution is 5.45. The lowest BCUT2D eigenvalue weighted by Crippen LogP contribution is -2.04. The summed E-state index contributed by atoms with van der Waals surface area (Å²) in [5.74, 6) is 1.10. The predicted octanol–water partition coefficient (Wildman–Crippen LogP) is 4.72. The lowest BCUT2D eigenvalue weighted by Gasteiger charge is -2.17. The molecule has 0 saturated heterocycles. The van der Waals surface area contributed by atoms with Crippen molar-refractivity contribution in [3.63, 3.8) is 0 Å². The van der Waals surface area contributed by atoms with Crippen molar-refractivity contribution >= 4 is 0 Å². The molecule has 0 radical (unpaired) electrons. The molecule has 1 heteroatoms. The van der Waals surface area contributed by atoms with E-state index in [1.165, 1.54) is 16.9 Å². The van der Waals surface area contributed by atoms with Crippen molar-refractivity contribution in [3.05, 3.63) is 53.9 Å². The van der Waals surface area contributed by atoms with Crippen molar-refractivity contribution < 1.29 is 0 Å². The Balaban J connectivity index is 2.56. The summed E-state index contributed by atoms with van der Waals surface area (Å²) < 4.78 is 2.32. The van der Waals surface area contributed by atoms with Crippen LogP contribution >= 0.6 is 0 Å². The summed E-state index contributed by atoms with van der Waals surface area (Å²) in [6.07, 6.45) is 2.16. The molecule has 0 spiro atoms. The molecule has 0 saturated carbocycles. The molecule has 0 N–H and O–H groups in total. The van der Waals surface area contributed by atoms with E-state index in [-0.39, 0.29) is 0 Å².